The Labute approximate surface area is 360 Å². The third kappa shape index (κ3) is 4.12. The first-order chi connectivity index (χ1) is 29.8. The van der Waals surface area contributed by atoms with E-state index in [2.05, 4.69) is 175 Å². The van der Waals surface area contributed by atoms with Crippen LogP contribution in [0.5, 0.6) is 0 Å². The van der Waals surface area contributed by atoms with Gasteiger partial charge >= 0.3 is 0 Å². The molecule has 6 heterocycles. The number of thiophene rings is 4. The summed E-state index contributed by atoms with van der Waals surface area (Å²) in [6.07, 6.45) is 0. The molecule has 0 saturated heterocycles. The molecule has 13 aromatic rings. The van der Waals surface area contributed by atoms with Gasteiger partial charge < -0.3 is 4.90 Å². The molecule has 0 spiro atoms. The summed E-state index contributed by atoms with van der Waals surface area (Å²) < 4.78 is 10.7. The molecule has 0 unspecified atom stereocenters. The molecule has 6 heteroatoms. The maximum atomic E-state index is 2.70. The van der Waals surface area contributed by atoms with E-state index in [0.29, 0.717) is 0 Å². The highest BCUT2D eigenvalue weighted by atomic mass is 32.1. The first-order valence-electron chi connectivity index (χ1n) is 20.4. The summed E-state index contributed by atoms with van der Waals surface area (Å²) in [4.78, 5) is 2.70. The lowest BCUT2D eigenvalue weighted by molar-refractivity contribution is 1.34. The Morgan fingerprint density at radius 2 is 0.917 bits per heavy atom. The molecule has 2 aliphatic heterocycles. The smallest absolute Gasteiger partial charge is 0.248 e. The fraction of sp³-hybridized carbons (Fsp3) is 0. The van der Waals surface area contributed by atoms with Crippen molar-refractivity contribution in [2.24, 2.45) is 0 Å². The summed E-state index contributed by atoms with van der Waals surface area (Å²) >= 11 is 7.73. The van der Waals surface area contributed by atoms with E-state index in [0.717, 1.165) is 0 Å². The lowest BCUT2D eigenvalue weighted by Crippen LogP contribution is -2.54. The van der Waals surface area contributed by atoms with E-state index in [1.807, 2.05) is 45.3 Å². The third-order valence-electron chi connectivity index (χ3n) is 13.3. The second kappa shape index (κ2) is 11.7. The van der Waals surface area contributed by atoms with Crippen LogP contribution in [0, 0.1) is 0 Å². The molecule has 0 fully saturated rings. The molecule has 9 aromatic carbocycles. The predicted octanol–water partition coefficient (Wildman–Crippen LogP) is 15.1. The topological polar surface area (TPSA) is 3.24 Å². The Morgan fingerprint density at radius 1 is 0.367 bits per heavy atom. The van der Waals surface area contributed by atoms with Gasteiger partial charge in [0.15, 0.2) is 0 Å². The van der Waals surface area contributed by atoms with Crippen LogP contribution in [-0.2, 0) is 0 Å². The number of hydrogen-bond donors (Lipinski definition) is 0. The second-order valence-electron chi connectivity index (χ2n) is 16.2. The van der Waals surface area contributed by atoms with E-state index in [1.165, 1.54) is 136 Å². The number of anilines is 3. The van der Waals surface area contributed by atoms with Gasteiger partial charge in [0.1, 0.15) is 0 Å². The average Bonchev–Trinajstić information content (AvgIpc) is 4.12. The highest BCUT2D eigenvalue weighted by molar-refractivity contribution is 7.28. The van der Waals surface area contributed by atoms with Crippen LogP contribution >= 0.6 is 45.3 Å². The molecule has 2 aliphatic rings. The number of fused-ring (bicyclic) bond motifs is 19. The van der Waals surface area contributed by atoms with Gasteiger partial charge in [0.25, 0.3) is 0 Å². The molecule has 15 rings (SSSR count). The maximum absolute atomic E-state index is 2.70. The molecule has 0 saturated carbocycles. The largest absolute Gasteiger partial charge is 0.309 e. The summed E-state index contributed by atoms with van der Waals surface area (Å²) in [5.74, 6) is 0. The molecule has 0 aliphatic carbocycles. The Kier molecular flexibility index (Phi) is 6.36. The molecule has 0 bridgehead atoms. The first-order valence-corrected chi connectivity index (χ1v) is 23.7. The Balaban J connectivity index is 1.14. The first kappa shape index (κ1) is 32.6. The van der Waals surface area contributed by atoms with Crippen LogP contribution in [0.1, 0.15) is 0 Å². The van der Waals surface area contributed by atoms with Crippen LogP contribution in [-0.4, -0.2) is 6.71 Å². The zero-order chi connectivity index (χ0) is 38.8. The summed E-state index contributed by atoms with van der Waals surface area (Å²) in [5.41, 5.74) is 13.4. The molecule has 1 nitrogen and oxygen atoms in total. The van der Waals surface area contributed by atoms with Gasteiger partial charge in [-0.15, -0.1) is 45.3 Å². The molecule has 0 radical (unpaired) electrons. The Morgan fingerprint density at radius 3 is 1.65 bits per heavy atom. The van der Waals surface area contributed by atoms with Gasteiger partial charge in [0.2, 0.25) is 6.71 Å². The van der Waals surface area contributed by atoms with Crippen LogP contribution in [0.4, 0.5) is 17.1 Å². The number of nitrogens with zero attached hydrogens (tertiary/aromatic N) is 1. The molecule has 0 N–H and O–H groups in total. The molecule has 0 atom stereocenters. The SMILES string of the molecule is c1ccc2c(c1)sc1c(N3c4cc(-c5cccc6sc7ccccc7c56)cc5c4B(c4ccc6c(sc7ccccc76)c4-5)c4ccc5c(sc6ccccc65)c43)cccc12. The fourth-order valence-electron chi connectivity index (χ4n) is 10.8. The summed E-state index contributed by atoms with van der Waals surface area (Å²) in [6.45, 7) is 0.105. The van der Waals surface area contributed by atoms with E-state index in [1.54, 1.807) is 0 Å². The van der Waals surface area contributed by atoms with Gasteiger partial charge in [-0.1, -0.05) is 127 Å². The van der Waals surface area contributed by atoms with Crippen molar-refractivity contribution in [3.63, 3.8) is 0 Å². The minimum absolute atomic E-state index is 0.105. The quantitative estimate of drug-likeness (QED) is 0.157. The molecule has 60 heavy (non-hydrogen) atoms. The van der Waals surface area contributed by atoms with E-state index in [4.69, 9.17) is 0 Å². The van der Waals surface area contributed by atoms with Gasteiger partial charge in [-0.25, -0.2) is 0 Å². The summed E-state index contributed by atoms with van der Waals surface area (Å²) in [6, 6.07) is 64.6. The second-order valence-corrected chi connectivity index (χ2v) is 20.5. The van der Waals surface area contributed by atoms with Crippen molar-refractivity contribution in [2.75, 3.05) is 4.90 Å². The van der Waals surface area contributed by atoms with Crippen molar-refractivity contribution in [1.82, 2.24) is 0 Å². The fourth-order valence-corrected chi connectivity index (χ4v) is 15.7. The van der Waals surface area contributed by atoms with Crippen LogP contribution in [0.2, 0.25) is 0 Å². The Hall–Kier alpha value is -6.28. The van der Waals surface area contributed by atoms with Gasteiger partial charge in [-0.05, 0) is 81.7 Å². The van der Waals surface area contributed by atoms with Gasteiger partial charge in [0.05, 0.1) is 20.8 Å². The monoisotopic (exact) mass is 829 g/mol. The van der Waals surface area contributed by atoms with Crippen molar-refractivity contribution in [3.05, 3.63) is 170 Å². The zero-order valence-electron chi connectivity index (χ0n) is 31.8. The minimum Gasteiger partial charge on any atom is -0.309 e. The number of hydrogen-bond acceptors (Lipinski definition) is 5. The van der Waals surface area contributed by atoms with Crippen molar-refractivity contribution in [1.29, 1.82) is 0 Å². The Bertz CT molecular complexity index is 4050. The summed E-state index contributed by atoms with van der Waals surface area (Å²) in [5, 5.41) is 10.7. The van der Waals surface area contributed by atoms with Gasteiger partial charge in [0, 0.05) is 77.0 Å². The van der Waals surface area contributed by atoms with E-state index < -0.39 is 0 Å². The van der Waals surface area contributed by atoms with Crippen LogP contribution in [0.3, 0.4) is 0 Å². The van der Waals surface area contributed by atoms with Gasteiger partial charge in [-0.2, -0.15) is 0 Å². The third-order valence-corrected chi connectivity index (χ3v) is 18.0. The average molecular weight is 830 g/mol. The van der Waals surface area contributed by atoms with E-state index in [-0.39, 0.29) is 6.71 Å². The molecule has 4 aromatic heterocycles. The highest BCUT2D eigenvalue weighted by Crippen LogP contribution is 2.53. The van der Waals surface area contributed by atoms with Crippen molar-refractivity contribution in [2.45, 2.75) is 0 Å². The predicted molar refractivity (Wildman–Crippen MR) is 268 cm³/mol. The van der Waals surface area contributed by atoms with Crippen LogP contribution in [0.25, 0.3) is 103 Å². The van der Waals surface area contributed by atoms with Crippen molar-refractivity contribution >= 4 is 166 Å². The minimum atomic E-state index is 0.105. The van der Waals surface area contributed by atoms with E-state index >= 15 is 0 Å². The molecule has 0 amide bonds. The molecular formula is C54H28BNS4. The highest BCUT2D eigenvalue weighted by Gasteiger charge is 2.45. The van der Waals surface area contributed by atoms with Crippen LogP contribution < -0.4 is 21.3 Å². The lowest BCUT2D eigenvalue weighted by atomic mass is 9.37. The standard InChI is InChI=1S/C54H28BNS4/c1-5-18-43-31(11-1)34-16-9-17-41(52(34)58-43)56-42-28-29(30-15-10-22-47-48(30)37-14-4-8-21-46(37)57-47)27-38-49-39(25-23-35-32-12-2-6-19-44(32)59-53(35)49)55(50(38)42)40-26-24-36-33-13-3-7-20-45(33)60-54(36)51(40)56/h1-28H. The maximum Gasteiger partial charge on any atom is 0.248 e. The normalized spacial score (nSPS) is 13.3. The molecular weight excluding hydrogens is 802 g/mol. The zero-order valence-corrected chi connectivity index (χ0v) is 35.1. The lowest BCUT2D eigenvalue weighted by Gasteiger charge is -2.37. The van der Waals surface area contributed by atoms with Crippen molar-refractivity contribution < 1.29 is 0 Å². The molecule has 276 valence electrons. The van der Waals surface area contributed by atoms with Crippen LogP contribution in [0.15, 0.2) is 170 Å². The summed E-state index contributed by atoms with van der Waals surface area (Å²) in [7, 11) is 0. The number of rotatable bonds is 2. The number of benzene rings is 9. The van der Waals surface area contributed by atoms with Crippen molar-refractivity contribution in [3.8, 4) is 22.3 Å². The van der Waals surface area contributed by atoms with E-state index in [9.17, 15) is 0 Å². The van der Waals surface area contributed by atoms with Gasteiger partial charge in [-0.3, -0.25) is 0 Å².